The Morgan fingerprint density at radius 1 is 0.875 bits per heavy atom. The molecular formula is C16H32N2O3S11. The first kappa shape index (κ1) is 34.8. The Labute approximate surface area is 238 Å². The second kappa shape index (κ2) is 30.0. The third-order valence-electron chi connectivity index (χ3n) is 2.65. The molecule has 0 saturated carbocycles. The number of rotatable bonds is 24. The maximum absolute atomic E-state index is 11.8. The number of aliphatic hydroxyl groups excluding tert-OH is 1. The van der Waals surface area contributed by atoms with E-state index in [1.807, 2.05) is 58.8 Å². The third-order valence-corrected chi connectivity index (χ3v) is 15.4. The van der Waals surface area contributed by atoms with Gasteiger partial charge >= 0.3 is 0 Å². The van der Waals surface area contributed by atoms with Crippen LogP contribution in [-0.2, 0) is 10.8 Å². The molecule has 0 rings (SSSR count). The maximum atomic E-state index is 11.8. The standard InChI is InChI=1S/C16H32N2O3S11/c1-22-9-26-12-29-14-30-15-31-16(20)18-7-25-11-28-13-27-10-24-6-17-8-32(21)5-4-23-3-2-19/h8,19H,2-7,9-15H2,1H3,(H,18,20). The molecule has 16 heteroatoms. The lowest BCUT2D eigenvalue weighted by atomic mass is 10.9. The number of amides is 1. The van der Waals surface area contributed by atoms with E-state index in [0.717, 1.165) is 41.3 Å². The highest BCUT2D eigenvalue weighted by atomic mass is 32.3. The van der Waals surface area contributed by atoms with Crippen LogP contribution >= 0.6 is 118 Å². The second-order valence-corrected chi connectivity index (χ2v) is 19.0. The van der Waals surface area contributed by atoms with Crippen LogP contribution < -0.4 is 5.32 Å². The van der Waals surface area contributed by atoms with Crippen molar-refractivity contribution >= 4 is 139 Å². The fourth-order valence-electron chi connectivity index (χ4n) is 1.41. The van der Waals surface area contributed by atoms with Gasteiger partial charge in [-0.3, -0.25) is 14.0 Å². The summed E-state index contributed by atoms with van der Waals surface area (Å²) in [6.45, 7) is 0.170. The van der Waals surface area contributed by atoms with Gasteiger partial charge in [0, 0.05) is 52.9 Å². The van der Waals surface area contributed by atoms with E-state index in [1.165, 1.54) is 11.8 Å². The van der Waals surface area contributed by atoms with Crippen LogP contribution in [0.1, 0.15) is 0 Å². The van der Waals surface area contributed by atoms with E-state index in [1.54, 1.807) is 52.6 Å². The zero-order valence-corrected chi connectivity index (χ0v) is 27.0. The van der Waals surface area contributed by atoms with Gasteiger partial charge in [0.15, 0.2) is 0 Å². The minimum absolute atomic E-state index is 0.0629. The van der Waals surface area contributed by atoms with Crippen molar-refractivity contribution in [2.75, 3.05) is 77.5 Å². The van der Waals surface area contributed by atoms with E-state index in [0.29, 0.717) is 23.3 Å². The zero-order chi connectivity index (χ0) is 23.5. The van der Waals surface area contributed by atoms with Crippen LogP contribution in [0.2, 0.25) is 0 Å². The Morgan fingerprint density at radius 2 is 1.50 bits per heavy atom. The molecule has 2 N–H and O–H groups in total. The summed E-state index contributed by atoms with van der Waals surface area (Å²) in [6, 6.07) is 0. The van der Waals surface area contributed by atoms with E-state index in [4.69, 9.17) is 5.11 Å². The first-order valence-electron chi connectivity index (χ1n) is 9.20. The largest absolute Gasteiger partial charge is 0.396 e. The minimum Gasteiger partial charge on any atom is -0.396 e. The number of carbonyl (C=O) groups excluding carboxylic acids is 1. The summed E-state index contributed by atoms with van der Waals surface area (Å²) in [5.41, 5.74) is 1.54. The lowest BCUT2D eigenvalue weighted by Crippen LogP contribution is -2.17. The molecule has 1 amide bonds. The van der Waals surface area contributed by atoms with Gasteiger partial charge in [-0.1, -0.05) is 11.8 Å². The summed E-state index contributed by atoms with van der Waals surface area (Å²) >= 11 is 17.6. The van der Waals surface area contributed by atoms with Crippen molar-refractivity contribution < 1.29 is 14.1 Å². The Bertz CT molecular complexity index is 479. The lowest BCUT2D eigenvalue weighted by Gasteiger charge is -2.05. The van der Waals surface area contributed by atoms with Crippen molar-refractivity contribution in [3.05, 3.63) is 0 Å². The van der Waals surface area contributed by atoms with Crippen molar-refractivity contribution in [2.24, 2.45) is 4.99 Å². The number of carbonyl (C=O) groups is 1. The number of nitrogens with one attached hydrogen (secondary N) is 1. The monoisotopic (exact) mass is 652 g/mol. The Kier molecular flexibility index (Phi) is 32.6. The molecule has 32 heavy (non-hydrogen) atoms. The molecule has 0 fully saturated rings. The summed E-state index contributed by atoms with van der Waals surface area (Å²) < 4.78 is 11.7. The van der Waals surface area contributed by atoms with Crippen molar-refractivity contribution in [3.63, 3.8) is 0 Å². The summed E-state index contributed by atoms with van der Waals surface area (Å²) in [6.07, 6.45) is 2.12. The molecule has 0 heterocycles. The molecule has 0 aromatic heterocycles. The van der Waals surface area contributed by atoms with Crippen molar-refractivity contribution in [1.29, 1.82) is 0 Å². The second-order valence-electron chi connectivity index (χ2n) is 5.13. The van der Waals surface area contributed by atoms with E-state index in [2.05, 4.69) is 16.6 Å². The van der Waals surface area contributed by atoms with E-state index in [-0.39, 0.29) is 11.8 Å². The van der Waals surface area contributed by atoms with Crippen LogP contribution in [0.4, 0.5) is 4.79 Å². The molecule has 5 nitrogen and oxygen atoms in total. The van der Waals surface area contributed by atoms with Gasteiger partial charge < -0.3 is 10.4 Å². The van der Waals surface area contributed by atoms with Gasteiger partial charge in [0.05, 0.1) is 34.7 Å². The molecule has 0 spiro atoms. The lowest BCUT2D eigenvalue weighted by molar-refractivity contribution is 0.262. The number of aliphatic imine (C=N–C) groups is 1. The smallest absolute Gasteiger partial charge is 0.280 e. The number of thioether (sulfide) groups is 10. The molecular weight excluding hydrogens is 621 g/mol. The molecule has 190 valence electrons. The highest BCUT2D eigenvalue weighted by Crippen LogP contribution is 2.23. The molecule has 1 unspecified atom stereocenters. The summed E-state index contributed by atoms with van der Waals surface area (Å²) in [7, 11) is -1.00. The molecule has 1 atom stereocenters. The number of hydrogen-bond donors (Lipinski definition) is 2. The van der Waals surface area contributed by atoms with Crippen LogP contribution in [0.5, 0.6) is 0 Å². The minimum atomic E-state index is -1.00. The molecule has 0 radical (unpaired) electrons. The van der Waals surface area contributed by atoms with Crippen LogP contribution in [0, 0.1) is 0 Å². The molecule has 0 aromatic carbocycles. The Balaban J connectivity index is 3.27. The average Bonchev–Trinajstić information content (AvgIpc) is 2.79. The quantitative estimate of drug-likeness (QED) is 0.0551. The maximum Gasteiger partial charge on any atom is 0.280 e. The van der Waals surface area contributed by atoms with Crippen LogP contribution in [-0.4, -0.2) is 97.6 Å². The molecule has 0 saturated heterocycles. The number of aliphatic hydroxyl groups is 1. The van der Waals surface area contributed by atoms with Crippen LogP contribution in [0.3, 0.4) is 0 Å². The van der Waals surface area contributed by atoms with Gasteiger partial charge in [0.1, 0.15) is 0 Å². The van der Waals surface area contributed by atoms with Gasteiger partial charge in [0.2, 0.25) is 0 Å². The summed E-state index contributed by atoms with van der Waals surface area (Å²) in [4.78, 5) is 16.0. The van der Waals surface area contributed by atoms with Crippen molar-refractivity contribution in [3.8, 4) is 0 Å². The van der Waals surface area contributed by atoms with Gasteiger partial charge in [-0.25, -0.2) is 0 Å². The fraction of sp³-hybridized carbons (Fsp3) is 0.875. The van der Waals surface area contributed by atoms with Gasteiger partial charge in [-0.15, -0.1) is 82.3 Å². The third kappa shape index (κ3) is 29.0. The van der Waals surface area contributed by atoms with Gasteiger partial charge in [0.25, 0.3) is 5.24 Å². The predicted molar refractivity (Wildman–Crippen MR) is 172 cm³/mol. The average molecular weight is 653 g/mol. The molecule has 0 aliphatic carbocycles. The van der Waals surface area contributed by atoms with Gasteiger partial charge in [-0.2, -0.15) is 23.5 Å². The van der Waals surface area contributed by atoms with E-state index >= 15 is 0 Å². The number of nitrogens with zero attached hydrogens (tertiary/aromatic N) is 1. The predicted octanol–water partition coefficient (Wildman–Crippen LogP) is 6.04. The topological polar surface area (TPSA) is 78.8 Å². The molecule has 0 aliphatic rings. The Hall–Kier alpha value is 2.75. The van der Waals surface area contributed by atoms with E-state index in [9.17, 15) is 9.00 Å². The number of hydrogen-bond acceptors (Lipinski definition) is 14. The molecule has 0 aromatic rings. The highest BCUT2D eigenvalue weighted by Gasteiger charge is 2.02. The normalized spacial score (nSPS) is 12.4. The van der Waals surface area contributed by atoms with Crippen LogP contribution in [0.25, 0.3) is 0 Å². The van der Waals surface area contributed by atoms with Crippen molar-refractivity contribution in [2.45, 2.75) is 0 Å². The first-order valence-corrected chi connectivity index (χ1v) is 22.2. The van der Waals surface area contributed by atoms with Gasteiger partial charge in [-0.05, 0) is 6.26 Å². The fourth-order valence-corrected chi connectivity index (χ4v) is 12.8. The van der Waals surface area contributed by atoms with Crippen LogP contribution in [0.15, 0.2) is 4.99 Å². The molecule has 0 bridgehead atoms. The highest BCUT2D eigenvalue weighted by molar-refractivity contribution is 8.30. The Morgan fingerprint density at radius 3 is 2.19 bits per heavy atom. The summed E-state index contributed by atoms with van der Waals surface area (Å²) in [5, 5.41) is 18.8. The molecule has 0 aliphatic heterocycles. The first-order chi connectivity index (χ1) is 15.7. The zero-order valence-electron chi connectivity index (χ0n) is 18.0. The van der Waals surface area contributed by atoms with Crippen molar-refractivity contribution in [1.82, 2.24) is 5.32 Å². The summed E-state index contributed by atoms with van der Waals surface area (Å²) in [5.74, 6) is 3.38. The SMILES string of the molecule is CSCSCSCSCSC(=O)NCSCSCSCSCN=CS(=O)CCSCCO. The van der Waals surface area contributed by atoms with E-state index < -0.39 is 10.8 Å².